The molecule has 1 aliphatic heterocycles. The van der Waals surface area contributed by atoms with Crippen LogP contribution >= 0.6 is 35.0 Å². The molecule has 6 unspecified atom stereocenters. The van der Waals surface area contributed by atoms with Crippen LogP contribution in [0.4, 0.5) is 13.2 Å². The van der Waals surface area contributed by atoms with E-state index in [0.29, 0.717) is 12.1 Å². The van der Waals surface area contributed by atoms with Gasteiger partial charge < -0.3 is 9.83 Å². The molecule has 0 spiro atoms. The van der Waals surface area contributed by atoms with E-state index in [4.69, 9.17) is 23.2 Å². The summed E-state index contributed by atoms with van der Waals surface area (Å²) in [5.41, 5.74) is 0.367. The van der Waals surface area contributed by atoms with Crippen LogP contribution < -0.4 is 4.72 Å². The molecule has 2 rings (SSSR count). The average molecular weight is 384 g/mol. The van der Waals surface area contributed by atoms with E-state index in [2.05, 4.69) is 4.72 Å². The number of alkyl halides is 5. The molecule has 3 nitrogen and oxygen atoms in total. The van der Waals surface area contributed by atoms with Crippen LogP contribution in [0.1, 0.15) is 19.3 Å². The maximum absolute atomic E-state index is 12.6. The van der Waals surface area contributed by atoms with Gasteiger partial charge in [-0.05, 0) is 12.8 Å². The molecule has 0 aromatic rings. The van der Waals surface area contributed by atoms with Crippen molar-refractivity contribution in [2.45, 2.75) is 46.2 Å². The number of rotatable bonds is 3. The Hall–Kier alpha value is 0.370. The number of thioether (sulfide) groups is 1. The van der Waals surface area contributed by atoms with E-state index in [1.807, 2.05) is 0 Å². The highest BCUT2D eigenvalue weighted by Gasteiger charge is 2.45. The predicted octanol–water partition coefficient (Wildman–Crippen LogP) is 3.09. The first-order valence-corrected chi connectivity index (χ1v) is 9.26. The second-order valence-electron chi connectivity index (χ2n) is 4.95. The van der Waals surface area contributed by atoms with Gasteiger partial charge in [-0.2, -0.15) is 13.2 Å². The average Bonchev–Trinajstić information content (AvgIpc) is 2.68. The summed E-state index contributed by atoms with van der Waals surface area (Å²) >= 11 is 13.1. The minimum absolute atomic E-state index is 0.193. The molecule has 21 heavy (non-hydrogen) atoms. The summed E-state index contributed by atoms with van der Waals surface area (Å²) in [5.74, 6) is -1.77. The van der Waals surface area contributed by atoms with E-state index >= 15 is 0 Å². The maximum Gasteiger partial charge on any atom is 0.394 e. The Morgan fingerprint density at radius 2 is 2.10 bits per heavy atom. The van der Waals surface area contributed by atoms with E-state index < -0.39 is 29.2 Å². The molecule has 0 radical (unpaired) electrons. The summed E-state index contributed by atoms with van der Waals surface area (Å²) in [6.45, 7) is 0. The monoisotopic (exact) mass is 383 g/mol. The normalized spacial score (nSPS) is 39.0. The van der Waals surface area contributed by atoms with Crippen molar-refractivity contribution in [2.75, 3.05) is 0 Å². The molecule has 1 aliphatic carbocycles. The predicted molar refractivity (Wildman–Crippen MR) is 79.4 cm³/mol. The van der Waals surface area contributed by atoms with Crippen molar-refractivity contribution in [3.05, 3.63) is 11.8 Å². The number of hydrogen-bond acceptors (Lipinski definition) is 3. The van der Waals surface area contributed by atoms with E-state index in [1.165, 1.54) is 17.8 Å². The second-order valence-corrected chi connectivity index (χ2v) is 9.26. The van der Waals surface area contributed by atoms with Gasteiger partial charge in [0.2, 0.25) is 0 Å². The third-order valence-corrected chi connectivity index (χ3v) is 7.78. The van der Waals surface area contributed by atoms with Crippen LogP contribution in [0.2, 0.25) is 0 Å². The van der Waals surface area contributed by atoms with Gasteiger partial charge in [0.25, 0.3) is 0 Å². The van der Waals surface area contributed by atoms with Crippen LogP contribution in [0.25, 0.3) is 0 Å². The SMILES string of the molecule is O=S(NC1=CCC(C(F)(F)F)C(O)C1)C1CC(Cl)C(Cl)S1. The number of aliphatic hydroxyl groups is 1. The molecule has 122 valence electrons. The smallest absolute Gasteiger partial charge is 0.392 e. The minimum Gasteiger partial charge on any atom is -0.392 e. The zero-order valence-corrected chi connectivity index (χ0v) is 13.8. The van der Waals surface area contributed by atoms with Crippen LogP contribution in [0.3, 0.4) is 0 Å². The highest BCUT2D eigenvalue weighted by molar-refractivity contribution is 8.12. The molecule has 10 heteroatoms. The molecule has 1 fully saturated rings. The van der Waals surface area contributed by atoms with Gasteiger partial charge in [-0.1, -0.05) is 6.08 Å². The summed E-state index contributed by atoms with van der Waals surface area (Å²) in [4.78, 5) is 0. The largest absolute Gasteiger partial charge is 0.394 e. The third kappa shape index (κ3) is 4.43. The fraction of sp³-hybridized carbons (Fsp3) is 0.818. The second kappa shape index (κ2) is 6.86. The molecule has 0 bridgehead atoms. The summed E-state index contributed by atoms with van der Waals surface area (Å²) in [6, 6.07) is 0. The van der Waals surface area contributed by atoms with E-state index in [0.717, 1.165) is 0 Å². The highest BCUT2D eigenvalue weighted by atomic mass is 35.5. The summed E-state index contributed by atoms with van der Waals surface area (Å²) in [7, 11) is -1.50. The van der Waals surface area contributed by atoms with Crippen molar-refractivity contribution in [3.63, 3.8) is 0 Å². The lowest BCUT2D eigenvalue weighted by Gasteiger charge is -2.29. The molecule has 2 N–H and O–H groups in total. The molecule has 0 amide bonds. The summed E-state index contributed by atoms with van der Waals surface area (Å²) in [6.07, 6.45) is -4.66. The molecule has 1 saturated heterocycles. The fourth-order valence-corrected chi connectivity index (χ4v) is 6.18. The molecular formula is C11H14Cl2F3NO2S2. The zero-order chi connectivity index (χ0) is 15.8. The quantitative estimate of drug-likeness (QED) is 0.736. The van der Waals surface area contributed by atoms with E-state index in [9.17, 15) is 22.5 Å². The summed E-state index contributed by atoms with van der Waals surface area (Å²) < 4.78 is 52.0. The highest BCUT2D eigenvalue weighted by Crippen LogP contribution is 2.41. The zero-order valence-electron chi connectivity index (χ0n) is 10.6. The Labute approximate surface area is 137 Å². The van der Waals surface area contributed by atoms with Crippen molar-refractivity contribution in [1.29, 1.82) is 0 Å². The Bertz CT molecular complexity index is 440. The van der Waals surface area contributed by atoms with Crippen molar-refractivity contribution >= 4 is 45.9 Å². The van der Waals surface area contributed by atoms with Crippen LogP contribution in [-0.4, -0.2) is 36.3 Å². The van der Waals surface area contributed by atoms with Gasteiger partial charge in [-0.15, -0.1) is 35.0 Å². The van der Waals surface area contributed by atoms with Crippen LogP contribution in [0.15, 0.2) is 11.8 Å². The van der Waals surface area contributed by atoms with Crippen molar-refractivity contribution in [2.24, 2.45) is 5.92 Å². The Morgan fingerprint density at radius 3 is 2.57 bits per heavy atom. The van der Waals surface area contributed by atoms with Crippen molar-refractivity contribution in [1.82, 2.24) is 4.72 Å². The van der Waals surface area contributed by atoms with E-state index in [-0.39, 0.29) is 27.5 Å². The van der Waals surface area contributed by atoms with Gasteiger partial charge in [0.1, 0.15) is 15.6 Å². The molecule has 0 saturated carbocycles. The molecular weight excluding hydrogens is 370 g/mol. The topological polar surface area (TPSA) is 49.3 Å². The van der Waals surface area contributed by atoms with Gasteiger partial charge in [0.05, 0.1) is 22.1 Å². The lowest BCUT2D eigenvalue weighted by atomic mass is 9.89. The van der Waals surface area contributed by atoms with Gasteiger partial charge in [0.15, 0.2) is 0 Å². The van der Waals surface area contributed by atoms with Gasteiger partial charge in [0, 0.05) is 12.1 Å². The lowest BCUT2D eigenvalue weighted by Crippen LogP contribution is -2.38. The van der Waals surface area contributed by atoms with Gasteiger partial charge >= 0.3 is 6.18 Å². The molecule has 0 aromatic carbocycles. The first kappa shape index (κ1) is 17.7. The number of halogens is 5. The Morgan fingerprint density at radius 1 is 1.43 bits per heavy atom. The Balaban J connectivity index is 1.93. The number of allylic oxidation sites excluding steroid dienone is 1. The first-order valence-electron chi connectivity index (χ1n) is 6.23. The Kier molecular flexibility index (Phi) is 5.79. The summed E-state index contributed by atoms with van der Waals surface area (Å²) in [5, 5.41) is 9.31. The maximum atomic E-state index is 12.6. The third-order valence-electron chi connectivity index (χ3n) is 3.39. The van der Waals surface area contributed by atoms with Gasteiger partial charge in [-0.3, -0.25) is 0 Å². The number of hydrogen-bond donors (Lipinski definition) is 2. The molecule has 6 atom stereocenters. The van der Waals surface area contributed by atoms with Crippen LogP contribution in [-0.2, 0) is 11.0 Å². The number of aliphatic hydroxyl groups excluding tert-OH is 1. The van der Waals surface area contributed by atoms with Crippen LogP contribution in [0.5, 0.6) is 0 Å². The van der Waals surface area contributed by atoms with Crippen molar-refractivity contribution < 1.29 is 22.5 Å². The van der Waals surface area contributed by atoms with Crippen LogP contribution in [0, 0.1) is 5.92 Å². The number of nitrogens with one attached hydrogen (secondary N) is 1. The first-order chi connectivity index (χ1) is 9.68. The lowest BCUT2D eigenvalue weighted by molar-refractivity contribution is -0.200. The molecule has 2 aliphatic rings. The van der Waals surface area contributed by atoms with Gasteiger partial charge in [-0.25, -0.2) is 4.21 Å². The standard InChI is InChI=1S/C11H14Cl2F3NO2S2/c12-7-4-9(20-10(7)13)21(19)17-5-1-2-6(8(18)3-5)11(14,15)16/h1,6-10,17-18H,2-4H2. The fourth-order valence-electron chi connectivity index (χ4n) is 2.22. The molecule has 0 aromatic heterocycles. The minimum atomic E-state index is -4.43. The van der Waals surface area contributed by atoms with E-state index in [1.54, 1.807) is 0 Å². The molecule has 1 heterocycles. The van der Waals surface area contributed by atoms with Crippen molar-refractivity contribution in [3.8, 4) is 0 Å².